The summed E-state index contributed by atoms with van der Waals surface area (Å²) >= 11 is 12.0. The molecular weight excluding hydrogens is 375 g/mol. The Morgan fingerprint density at radius 3 is 2.58 bits per heavy atom. The first-order valence-corrected chi connectivity index (χ1v) is 8.70. The topological polar surface area (TPSA) is 79.9 Å². The molecule has 3 rings (SSSR count). The van der Waals surface area contributed by atoms with Gasteiger partial charge in [0.1, 0.15) is 11.4 Å². The first kappa shape index (κ1) is 18.2. The van der Waals surface area contributed by atoms with Crippen LogP contribution < -0.4 is 15.6 Å². The summed E-state index contributed by atoms with van der Waals surface area (Å²) in [6.45, 7) is 2.53. The summed E-state index contributed by atoms with van der Waals surface area (Å²) in [6, 6.07) is 12.5. The average Bonchev–Trinajstić information content (AvgIpc) is 2.62. The summed E-state index contributed by atoms with van der Waals surface area (Å²) in [5.74, 6) is 0.976. The van der Waals surface area contributed by atoms with Crippen molar-refractivity contribution in [1.29, 1.82) is 0 Å². The minimum Gasteiger partial charge on any atom is -0.494 e. The van der Waals surface area contributed by atoms with Crippen LogP contribution >= 0.6 is 23.2 Å². The van der Waals surface area contributed by atoms with Gasteiger partial charge in [-0.2, -0.15) is 0 Å². The molecule has 0 fully saturated rings. The van der Waals surface area contributed by atoms with Gasteiger partial charge in [-0.15, -0.1) is 10.2 Å². The quantitative estimate of drug-likeness (QED) is 0.658. The van der Waals surface area contributed by atoms with Crippen LogP contribution in [0.3, 0.4) is 0 Å². The van der Waals surface area contributed by atoms with Gasteiger partial charge in [0.2, 0.25) is 5.95 Å². The monoisotopic (exact) mass is 390 g/mol. The van der Waals surface area contributed by atoms with Crippen LogP contribution in [0.5, 0.6) is 5.75 Å². The Hall–Kier alpha value is -2.57. The maximum absolute atomic E-state index is 12.3. The Kier molecular flexibility index (Phi) is 5.75. The van der Waals surface area contributed by atoms with Crippen LogP contribution in [0.2, 0.25) is 10.0 Å². The number of halogens is 2. The number of rotatable bonds is 6. The lowest BCUT2D eigenvalue weighted by Gasteiger charge is -2.08. The van der Waals surface area contributed by atoms with E-state index in [0.717, 1.165) is 11.3 Å². The summed E-state index contributed by atoms with van der Waals surface area (Å²) in [4.78, 5) is 14.9. The van der Waals surface area contributed by atoms with Gasteiger partial charge in [-0.25, -0.2) is 0 Å². The molecule has 3 aromatic rings. The molecule has 0 aliphatic carbocycles. The normalized spacial score (nSPS) is 10.6. The second-order valence-corrected chi connectivity index (χ2v) is 6.30. The molecule has 6 nitrogen and oxygen atoms in total. The van der Waals surface area contributed by atoms with E-state index < -0.39 is 0 Å². The fourth-order valence-corrected chi connectivity index (χ4v) is 2.65. The molecule has 0 radical (unpaired) electrons. The van der Waals surface area contributed by atoms with E-state index in [-0.39, 0.29) is 11.5 Å². The molecule has 0 spiro atoms. The highest BCUT2D eigenvalue weighted by atomic mass is 35.5. The van der Waals surface area contributed by atoms with Crippen molar-refractivity contribution >= 4 is 34.8 Å². The minimum absolute atomic E-state index is 0.189. The van der Waals surface area contributed by atoms with Crippen molar-refractivity contribution in [1.82, 2.24) is 15.2 Å². The van der Waals surface area contributed by atoms with Gasteiger partial charge in [0, 0.05) is 11.4 Å². The largest absolute Gasteiger partial charge is 0.494 e. The molecule has 0 bridgehead atoms. The van der Waals surface area contributed by atoms with E-state index >= 15 is 0 Å². The molecule has 1 heterocycles. The number of aromatic nitrogens is 3. The van der Waals surface area contributed by atoms with Gasteiger partial charge >= 0.3 is 0 Å². The minimum atomic E-state index is -0.325. The van der Waals surface area contributed by atoms with Gasteiger partial charge in [-0.3, -0.25) is 9.78 Å². The molecule has 0 aliphatic heterocycles. The van der Waals surface area contributed by atoms with Gasteiger partial charge in [0.25, 0.3) is 5.56 Å². The SMILES string of the molecule is CCOc1ccc(Cc2nnc(Nc3cc(Cl)ccc3Cl)[nH]c2=O)cc1. The van der Waals surface area contributed by atoms with E-state index in [0.29, 0.717) is 34.5 Å². The summed E-state index contributed by atoms with van der Waals surface area (Å²) in [5.41, 5.74) is 1.46. The number of benzene rings is 2. The number of nitrogens with one attached hydrogen (secondary N) is 2. The summed E-state index contributed by atoms with van der Waals surface area (Å²) in [5, 5.41) is 11.9. The van der Waals surface area contributed by atoms with Gasteiger partial charge in [-0.05, 0) is 42.8 Å². The third-order valence-electron chi connectivity index (χ3n) is 3.55. The van der Waals surface area contributed by atoms with Gasteiger partial charge in [-0.1, -0.05) is 35.3 Å². The maximum atomic E-state index is 12.3. The second kappa shape index (κ2) is 8.21. The van der Waals surface area contributed by atoms with E-state index in [9.17, 15) is 4.79 Å². The van der Waals surface area contributed by atoms with Crippen molar-refractivity contribution in [3.05, 3.63) is 74.1 Å². The van der Waals surface area contributed by atoms with Crippen molar-refractivity contribution in [2.45, 2.75) is 13.3 Å². The van der Waals surface area contributed by atoms with Crippen LogP contribution in [0.1, 0.15) is 18.2 Å². The van der Waals surface area contributed by atoms with Gasteiger partial charge < -0.3 is 10.1 Å². The first-order chi connectivity index (χ1) is 12.5. The number of H-pyrrole nitrogens is 1. The third-order valence-corrected chi connectivity index (χ3v) is 4.12. The van der Waals surface area contributed by atoms with E-state index in [2.05, 4.69) is 20.5 Å². The van der Waals surface area contributed by atoms with Gasteiger partial charge in [0.15, 0.2) is 0 Å². The lowest BCUT2D eigenvalue weighted by Crippen LogP contribution is -2.18. The van der Waals surface area contributed by atoms with Crippen molar-refractivity contribution < 1.29 is 4.74 Å². The van der Waals surface area contributed by atoms with Crippen LogP contribution in [-0.4, -0.2) is 21.8 Å². The highest BCUT2D eigenvalue weighted by Crippen LogP contribution is 2.26. The molecular formula is C18H16Cl2N4O2. The standard InChI is InChI=1S/C18H16Cl2N4O2/c1-2-26-13-6-3-11(4-7-13)9-16-17(25)22-18(24-23-16)21-15-10-12(19)5-8-14(15)20/h3-8,10H,2,9H2,1H3,(H2,21,22,24,25). The van der Waals surface area contributed by atoms with Crippen LogP contribution in [0.15, 0.2) is 47.3 Å². The van der Waals surface area contributed by atoms with E-state index in [1.54, 1.807) is 18.2 Å². The van der Waals surface area contributed by atoms with Crippen LogP contribution in [-0.2, 0) is 6.42 Å². The Bertz CT molecular complexity index is 958. The van der Waals surface area contributed by atoms with Crippen molar-refractivity contribution in [2.24, 2.45) is 0 Å². The highest BCUT2D eigenvalue weighted by molar-refractivity contribution is 6.35. The number of aromatic amines is 1. The Balaban J connectivity index is 1.75. The molecule has 2 aromatic carbocycles. The number of ether oxygens (including phenoxy) is 1. The predicted molar refractivity (Wildman–Crippen MR) is 103 cm³/mol. The van der Waals surface area contributed by atoms with E-state index in [4.69, 9.17) is 27.9 Å². The molecule has 1 aromatic heterocycles. The van der Waals surface area contributed by atoms with Crippen LogP contribution in [0, 0.1) is 0 Å². The Morgan fingerprint density at radius 2 is 1.88 bits per heavy atom. The fraction of sp³-hybridized carbons (Fsp3) is 0.167. The lowest BCUT2D eigenvalue weighted by molar-refractivity contribution is 0.340. The molecule has 0 saturated carbocycles. The van der Waals surface area contributed by atoms with Crippen LogP contribution in [0.4, 0.5) is 11.6 Å². The highest BCUT2D eigenvalue weighted by Gasteiger charge is 2.08. The summed E-state index contributed by atoms with van der Waals surface area (Å²) in [6.07, 6.45) is 0.368. The number of anilines is 2. The second-order valence-electron chi connectivity index (χ2n) is 5.45. The summed E-state index contributed by atoms with van der Waals surface area (Å²) < 4.78 is 5.40. The molecule has 0 unspecified atom stereocenters. The van der Waals surface area contributed by atoms with Gasteiger partial charge in [0.05, 0.1) is 17.3 Å². The molecule has 0 aliphatic rings. The smallest absolute Gasteiger partial charge is 0.274 e. The van der Waals surface area contributed by atoms with E-state index in [1.165, 1.54) is 0 Å². The zero-order valence-corrected chi connectivity index (χ0v) is 15.4. The molecule has 26 heavy (non-hydrogen) atoms. The zero-order chi connectivity index (χ0) is 18.5. The molecule has 8 heteroatoms. The van der Waals surface area contributed by atoms with Crippen molar-refractivity contribution in [2.75, 3.05) is 11.9 Å². The van der Waals surface area contributed by atoms with Crippen LogP contribution in [0.25, 0.3) is 0 Å². The molecule has 134 valence electrons. The van der Waals surface area contributed by atoms with Crippen molar-refractivity contribution in [3.63, 3.8) is 0 Å². The number of hydrogen-bond donors (Lipinski definition) is 2. The number of hydrogen-bond acceptors (Lipinski definition) is 5. The Morgan fingerprint density at radius 1 is 1.12 bits per heavy atom. The molecule has 2 N–H and O–H groups in total. The fourth-order valence-electron chi connectivity index (χ4n) is 2.32. The number of nitrogens with zero attached hydrogens (tertiary/aromatic N) is 2. The lowest BCUT2D eigenvalue weighted by atomic mass is 10.1. The molecule has 0 amide bonds. The third kappa shape index (κ3) is 4.53. The molecule has 0 atom stereocenters. The predicted octanol–water partition coefficient (Wildman–Crippen LogP) is 4.20. The average molecular weight is 391 g/mol. The zero-order valence-electron chi connectivity index (χ0n) is 13.9. The Labute approximate surface area is 160 Å². The van der Waals surface area contributed by atoms with E-state index in [1.807, 2.05) is 31.2 Å². The van der Waals surface area contributed by atoms with Crippen molar-refractivity contribution in [3.8, 4) is 5.75 Å². The summed E-state index contributed by atoms with van der Waals surface area (Å²) in [7, 11) is 0. The molecule has 0 saturated heterocycles. The maximum Gasteiger partial charge on any atom is 0.274 e. The first-order valence-electron chi connectivity index (χ1n) is 7.95.